The van der Waals surface area contributed by atoms with E-state index in [4.69, 9.17) is 21.6 Å². The van der Waals surface area contributed by atoms with Crippen LogP contribution in [0.15, 0.2) is 36.4 Å². The van der Waals surface area contributed by atoms with Gasteiger partial charge in [0.25, 0.3) is 0 Å². The summed E-state index contributed by atoms with van der Waals surface area (Å²) in [7, 11) is 0. The van der Waals surface area contributed by atoms with Gasteiger partial charge in [0.1, 0.15) is 23.4 Å². The molecule has 0 aliphatic rings. The maximum absolute atomic E-state index is 13.0. The molecule has 2 nitrogen and oxygen atoms in total. The Labute approximate surface area is 116 Å². The minimum Gasteiger partial charge on any atom is -0.456 e. The average molecular weight is 276 g/mol. The van der Waals surface area contributed by atoms with E-state index in [2.05, 4.69) is 0 Å². The molecular weight excluding hydrogens is 265 g/mol. The molecule has 19 heavy (non-hydrogen) atoms. The van der Waals surface area contributed by atoms with E-state index in [0.717, 1.165) is 18.1 Å². The summed E-state index contributed by atoms with van der Waals surface area (Å²) in [5, 5.41) is 9.62. The molecule has 0 aliphatic heterocycles. The highest BCUT2D eigenvalue weighted by Gasteiger charge is 2.07. The Bertz CT molecular complexity index is 649. The van der Waals surface area contributed by atoms with Gasteiger partial charge < -0.3 is 4.74 Å². The first-order chi connectivity index (χ1) is 9.13. The SMILES string of the molecule is CCc1cc(Oc2ccc(F)cc2C#N)ccc1Cl. The molecule has 0 spiro atoms. The Balaban J connectivity index is 2.34. The normalized spacial score (nSPS) is 10.0. The number of rotatable bonds is 3. The van der Waals surface area contributed by atoms with Crippen LogP contribution in [-0.2, 0) is 6.42 Å². The molecule has 0 N–H and O–H groups in total. The van der Waals surface area contributed by atoms with Crippen molar-refractivity contribution < 1.29 is 9.13 Å². The molecule has 0 bridgehead atoms. The van der Waals surface area contributed by atoms with Gasteiger partial charge in [0, 0.05) is 5.02 Å². The van der Waals surface area contributed by atoms with Crippen LogP contribution < -0.4 is 4.74 Å². The smallest absolute Gasteiger partial charge is 0.145 e. The maximum Gasteiger partial charge on any atom is 0.145 e. The highest BCUT2D eigenvalue weighted by molar-refractivity contribution is 6.31. The van der Waals surface area contributed by atoms with Gasteiger partial charge in [0.15, 0.2) is 0 Å². The quantitative estimate of drug-likeness (QED) is 0.813. The lowest BCUT2D eigenvalue weighted by atomic mass is 10.1. The lowest BCUT2D eigenvalue weighted by Gasteiger charge is -2.09. The zero-order valence-corrected chi connectivity index (χ0v) is 11.0. The van der Waals surface area contributed by atoms with E-state index in [1.807, 2.05) is 19.1 Å². The van der Waals surface area contributed by atoms with Crippen LogP contribution in [0, 0.1) is 17.1 Å². The number of nitrogens with zero attached hydrogens (tertiary/aromatic N) is 1. The molecule has 0 aromatic heterocycles. The van der Waals surface area contributed by atoms with E-state index in [0.29, 0.717) is 16.5 Å². The van der Waals surface area contributed by atoms with Crippen LogP contribution in [0.25, 0.3) is 0 Å². The van der Waals surface area contributed by atoms with Gasteiger partial charge in [-0.3, -0.25) is 0 Å². The van der Waals surface area contributed by atoms with Crippen LogP contribution in [0.4, 0.5) is 4.39 Å². The molecule has 4 heteroatoms. The summed E-state index contributed by atoms with van der Waals surface area (Å²) in [5.74, 6) is 0.437. The van der Waals surface area contributed by atoms with Crippen LogP contribution in [0.1, 0.15) is 18.1 Å². The summed E-state index contributed by atoms with van der Waals surface area (Å²) in [6, 6.07) is 11.0. The van der Waals surface area contributed by atoms with Gasteiger partial charge >= 0.3 is 0 Å². The summed E-state index contributed by atoms with van der Waals surface area (Å²) in [6.45, 7) is 1.99. The van der Waals surface area contributed by atoms with Crippen molar-refractivity contribution in [2.75, 3.05) is 0 Å². The third-order valence-electron chi connectivity index (χ3n) is 2.69. The molecule has 0 amide bonds. The number of hydrogen-bond donors (Lipinski definition) is 0. The van der Waals surface area contributed by atoms with Crippen molar-refractivity contribution in [2.24, 2.45) is 0 Å². The number of benzene rings is 2. The second-order valence-electron chi connectivity index (χ2n) is 3.96. The summed E-state index contributed by atoms with van der Waals surface area (Å²) < 4.78 is 18.6. The first-order valence-corrected chi connectivity index (χ1v) is 6.17. The predicted octanol–water partition coefficient (Wildman–Crippen LogP) is 4.71. The molecule has 96 valence electrons. The minimum absolute atomic E-state index is 0.160. The molecule has 0 heterocycles. The fourth-order valence-corrected chi connectivity index (χ4v) is 1.94. The molecule has 0 saturated heterocycles. The Hall–Kier alpha value is -2.05. The summed E-state index contributed by atoms with van der Waals surface area (Å²) in [4.78, 5) is 0. The summed E-state index contributed by atoms with van der Waals surface area (Å²) in [5.41, 5.74) is 1.12. The zero-order chi connectivity index (χ0) is 13.8. The molecule has 0 atom stereocenters. The summed E-state index contributed by atoms with van der Waals surface area (Å²) >= 11 is 6.02. The largest absolute Gasteiger partial charge is 0.456 e. The van der Waals surface area contributed by atoms with Crippen LogP contribution in [0.2, 0.25) is 5.02 Å². The standard InChI is InChI=1S/C15H11ClFNO/c1-2-10-8-13(4-5-14(10)16)19-15-6-3-12(17)7-11(15)9-18/h3-8H,2H2,1H3. The van der Waals surface area contributed by atoms with Crippen LogP contribution in [-0.4, -0.2) is 0 Å². The lowest BCUT2D eigenvalue weighted by Crippen LogP contribution is -1.91. The maximum atomic E-state index is 13.0. The number of halogens is 2. The zero-order valence-electron chi connectivity index (χ0n) is 10.3. The van der Waals surface area contributed by atoms with Crippen molar-refractivity contribution in [3.05, 3.63) is 58.4 Å². The summed E-state index contributed by atoms with van der Waals surface area (Å²) in [6.07, 6.45) is 0.782. The van der Waals surface area contributed by atoms with E-state index in [-0.39, 0.29) is 5.56 Å². The fraction of sp³-hybridized carbons (Fsp3) is 0.133. The highest BCUT2D eigenvalue weighted by Crippen LogP contribution is 2.29. The van der Waals surface area contributed by atoms with Gasteiger partial charge in [-0.15, -0.1) is 0 Å². The van der Waals surface area contributed by atoms with Crippen molar-refractivity contribution in [3.63, 3.8) is 0 Å². The third-order valence-corrected chi connectivity index (χ3v) is 3.06. The molecule has 0 unspecified atom stereocenters. The van der Waals surface area contributed by atoms with Crippen molar-refractivity contribution in [1.29, 1.82) is 5.26 Å². The van der Waals surface area contributed by atoms with Gasteiger partial charge in [-0.1, -0.05) is 18.5 Å². The molecule has 2 rings (SSSR count). The molecule has 0 saturated carbocycles. The Kier molecular flexibility index (Phi) is 4.03. The first-order valence-electron chi connectivity index (χ1n) is 5.80. The average Bonchev–Trinajstić information content (AvgIpc) is 2.42. The van der Waals surface area contributed by atoms with Crippen molar-refractivity contribution >= 4 is 11.6 Å². The van der Waals surface area contributed by atoms with Gasteiger partial charge in [-0.05, 0) is 48.4 Å². The van der Waals surface area contributed by atoms with E-state index >= 15 is 0 Å². The minimum atomic E-state index is -0.464. The van der Waals surface area contributed by atoms with Crippen molar-refractivity contribution in [2.45, 2.75) is 13.3 Å². The van der Waals surface area contributed by atoms with Gasteiger partial charge in [0.05, 0.1) is 5.56 Å². The van der Waals surface area contributed by atoms with Gasteiger partial charge in [-0.25, -0.2) is 4.39 Å². The number of ether oxygens (including phenoxy) is 1. The van der Waals surface area contributed by atoms with Gasteiger partial charge in [0.2, 0.25) is 0 Å². The van der Waals surface area contributed by atoms with E-state index < -0.39 is 5.82 Å². The van der Waals surface area contributed by atoms with E-state index in [1.165, 1.54) is 12.1 Å². The number of hydrogen-bond acceptors (Lipinski definition) is 2. The molecular formula is C15H11ClFNO. The molecule has 0 aliphatic carbocycles. The first kappa shape index (κ1) is 13.4. The van der Waals surface area contributed by atoms with Crippen molar-refractivity contribution in [3.8, 4) is 17.6 Å². The number of aryl methyl sites for hydroxylation is 1. The predicted molar refractivity (Wildman–Crippen MR) is 72.0 cm³/mol. The molecule has 2 aromatic carbocycles. The van der Waals surface area contributed by atoms with Crippen LogP contribution in [0.3, 0.4) is 0 Å². The monoisotopic (exact) mass is 275 g/mol. The Morgan fingerprint density at radius 1 is 1.26 bits per heavy atom. The van der Waals surface area contributed by atoms with Crippen molar-refractivity contribution in [1.82, 2.24) is 0 Å². The van der Waals surface area contributed by atoms with E-state index in [1.54, 1.807) is 12.1 Å². The van der Waals surface area contributed by atoms with E-state index in [9.17, 15) is 4.39 Å². The number of nitriles is 1. The van der Waals surface area contributed by atoms with Crippen LogP contribution >= 0.6 is 11.6 Å². The molecule has 0 radical (unpaired) electrons. The highest BCUT2D eigenvalue weighted by atomic mass is 35.5. The fourth-order valence-electron chi connectivity index (χ4n) is 1.69. The molecule has 0 fully saturated rings. The Morgan fingerprint density at radius 3 is 2.74 bits per heavy atom. The van der Waals surface area contributed by atoms with Crippen LogP contribution in [0.5, 0.6) is 11.5 Å². The lowest BCUT2D eigenvalue weighted by molar-refractivity contribution is 0.478. The third kappa shape index (κ3) is 3.04. The second kappa shape index (κ2) is 5.73. The van der Waals surface area contributed by atoms with Gasteiger partial charge in [-0.2, -0.15) is 5.26 Å². The Morgan fingerprint density at radius 2 is 2.05 bits per heavy atom. The second-order valence-corrected chi connectivity index (χ2v) is 4.37. The topological polar surface area (TPSA) is 33.0 Å². The molecule has 2 aromatic rings.